The van der Waals surface area contributed by atoms with Gasteiger partial charge in [-0.1, -0.05) is 13.8 Å². The van der Waals surface area contributed by atoms with E-state index in [9.17, 15) is 4.79 Å². The van der Waals surface area contributed by atoms with Gasteiger partial charge < -0.3 is 9.47 Å². The highest BCUT2D eigenvalue weighted by Crippen LogP contribution is 2.42. The van der Waals surface area contributed by atoms with Crippen LogP contribution in [0.4, 0.5) is 0 Å². The van der Waals surface area contributed by atoms with E-state index in [2.05, 4.69) is 29.8 Å². The average Bonchev–Trinajstić information content (AvgIpc) is 2.26. The fourth-order valence-corrected chi connectivity index (χ4v) is 3.12. The molecule has 1 aromatic carbocycles. The molecule has 0 aliphatic carbocycles. The van der Waals surface area contributed by atoms with Crippen molar-refractivity contribution in [3.63, 3.8) is 0 Å². The minimum Gasteiger partial charge on any atom is -0.493 e. The van der Waals surface area contributed by atoms with Gasteiger partial charge in [0.25, 0.3) is 0 Å². The molecule has 0 aromatic heterocycles. The number of benzene rings is 1. The van der Waals surface area contributed by atoms with Crippen LogP contribution >= 0.6 is 15.9 Å². The standard InChI is InChI=1S/C14H19BrO3/c1-8(2)12-10(6-9(3)16)7-11(17-4)14(18-5)13(12)15/h7-8H,6H2,1-5H3. The lowest BCUT2D eigenvalue weighted by Crippen LogP contribution is -2.06. The van der Waals surface area contributed by atoms with Crippen molar-refractivity contribution in [3.05, 3.63) is 21.7 Å². The normalized spacial score (nSPS) is 10.6. The first-order valence-electron chi connectivity index (χ1n) is 5.85. The number of methoxy groups -OCH3 is 2. The lowest BCUT2D eigenvalue weighted by Gasteiger charge is -2.19. The summed E-state index contributed by atoms with van der Waals surface area (Å²) < 4.78 is 11.5. The number of carbonyl (C=O) groups excluding carboxylic acids is 1. The Hall–Kier alpha value is -1.03. The zero-order valence-electron chi connectivity index (χ0n) is 11.5. The number of carbonyl (C=O) groups is 1. The van der Waals surface area contributed by atoms with E-state index in [1.165, 1.54) is 0 Å². The van der Waals surface area contributed by atoms with Crippen LogP contribution in [-0.4, -0.2) is 20.0 Å². The number of ether oxygens (including phenoxy) is 2. The van der Waals surface area contributed by atoms with Gasteiger partial charge in [0.1, 0.15) is 5.78 Å². The molecule has 0 aliphatic heterocycles. The predicted octanol–water partition coefficient (Wildman–Crippen LogP) is 3.72. The Bertz CT molecular complexity index is 453. The molecular formula is C14H19BrO3. The van der Waals surface area contributed by atoms with Crippen LogP contribution in [0.15, 0.2) is 10.5 Å². The second kappa shape index (κ2) is 6.23. The summed E-state index contributed by atoms with van der Waals surface area (Å²) in [6.45, 7) is 5.78. The Morgan fingerprint density at radius 2 is 1.94 bits per heavy atom. The lowest BCUT2D eigenvalue weighted by molar-refractivity contribution is -0.116. The van der Waals surface area contributed by atoms with Gasteiger partial charge in [-0.2, -0.15) is 0 Å². The van der Waals surface area contributed by atoms with Gasteiger partial charge in [-0.3, -0.25) is 4.79 Å². The third kappa shape index (κ3) is 3.05. The molecule has 4 heteroatoms. The molecule has 0 amide bonds. The Balaban J connectivity index is 3.49. The fourth-order valence-electron chi connectivity index (χ4n) is 2.05. The fraction of sp³-hybridized carbons (Fsp3) is 0.500. The van der Waals surface area contributed by atoms with Crippen molar-refractivity contribution >= 4 is 21.7 Å². The van der Waals surface area contributed by atoms with E-state index in [4.69, 9.17) is 9.47 Å². The molecule has 0 heterocycles. The second-order valence-electron chi connectivity index (χ2n) is 4.53. The molecule has 0 atom stereocenters. The summed E-state index contributed by atoms with van der Waals surface area (Å²) in [6, 6.07) is 1.89. The van der Waals surface area contributed by atoms with Crippen molar-refractivity contribution in [1.82, 2.24) is 0 Å². The maximum absolute atomic E-state index is 11.4. The Morgan fingerprint density at radius 1 is 1.33 bits per heavy atom. The largest absolute Gasteiger partial charge is 0.493 e. The van der Waals surface area contributed by atoms with Gasteiger partial charge in [0.2, 0.25) is 0 Å². The minimum absolute atomic E-state index is 0.135. The van der Waals surface area contributed by atoms with Crippen LogP contribution in [-0.2, 0) is 11.2 Å². The molecule has 0 spiro atoms. The number of rotatable bonds is 5. The SMILES string of the molecule is COc1cc(CC(C)=O)c(C(C)C)c(Br)c1OC. The summed E-state index contributed by atoms with van der Waals surface area (Å²) in [4.78, 5) is 11.4. The molecule has 1 rings (SSSR count). The first kappa shape index (κ1) is 15.0. The number of halogens is 1. The number of hydrogen-bond acceptors (Lipinski definition) is 3. The van der Waals surface area contributed by atoms with Gasteiger partial charge in [0, 0.05) is 6.42 Å². The van der Waals surface area contributed by atoms with E-state index in [1.807, 2.05) is 6.07 Å². The van der Waals surface area contributed by atoms with Crippen molar-refractivity contribution in [2.24, 2.45) is 0 Å². The minimum atomic E-state index is 0.135. The van der Waals surface area contributed by atoms with Gasteiger partial charge in [0.15, 0.2) is 11.5 Å². The highest BCUT2D eigenvalue weighted by molar-refractivity contribution is 9.10. The molecule has 0 bridgehead atoms. The van der Waals surface area contributed by atoms with E-state index in [0.29, 0.717) is 23.8 Å². The van der Waals surface area contributed by atoms with Crippen LogP contribution in [0.2, 0.25) is 0 Å². The van der Waals surface area contributed by atoms with Gasteiger partial charge in [0.05, 0.1) is 18.7 Å². The van der Waals surface area contributed by atoms with E-state index in [0.717, 1.165) is 15.6 Å². The van der Waals surface area contributed by atoms with Crippen LogP contribution < -0.4 is 9.47 Å². The van der Waals surface area contributed by atoms with Crippen LogP contribution in [0.1, 0.15) is 37.8 Å². The number of ketones is 1. The summed E-state index contributed by atoms with van der Waals surface area (Å²) >= 11 is 3.56. The first-order valence-corrected chi connectivity index (χ1v) is 6.64. The van der Waals surface area contributed by atoms with Crippen molar-refractivity contribution in [1.29, 1.82) is 0 Å². The van der Waals surface area contributed by atoms with E-state index >= 15 is 0 Å². The van der Waals surface area contributed by atoms with E-state index in [1.54, 1.807) is 21.1 Å². The summed E-state index contributed by atoms with van der Waals surface area (Å²) in [5, 5.41) is 0. The van der Waals surface area contributed by atoms with Gasteiger partial charge in [-0.25, -0.2) is 0 Å². The molecule has 0 saturated carbocycles. The maximum Gasteiger partial charge on any atom is 0.175 e. The smallest absolute Gasteiger partial charge is 0.175 e. The summed E-state index contributed by atoms with van der Waals surface area (Å²) in [7, 11) is 3.20. The monoisotopic (exact) mass is 314 g/mol. The van der Waals surface area contributed by atoms with E-state index in [-0.39, 0.29) is 5.78 Å². The Labute approximate surface area is 117 Å². The molecular weight excluding hydrogens is 296 g/mol. The summed E-state index contributed by atoms with van der Waals surface area (Å²) in [6.07, 6.45) is 0.409. The zero-order chi connectivity index (χ0) is 13.9. The zero-order valence-corrected chi connectivity index (χ0v) is 13.1. The van der Waals surface area contributed by atoms with E-state index < -0.39 is 0 Å². The van der Waals surface area contributed by atoms with Crippen molar-refractivity contribution in [2.75, 3.05) is 14.2 Å². The van der Waals surface area contributed by atoms with Crippen molar-refractivity contribution in [3.8, 4) is 11.5 Å². The molecule has 0 fully saturated rings. The average molecular weight is 315 g/mol. The van der Waals surface area contributed by atoms with Crippen LogP contribution in [0.5, 0.6) is 11.5 Å². The quantitative estimate of drug-likeness (QED) is 0.831. The molecule has 0 aliphatic rings. The first-order chi connectivity index (χ1) is 8.42. The molecule has 0 radical (unpaired) electrons. The van der Waals surface area contributed by atoms with Crippen LogP contribution in [0, 0.1) is 0 Å². The molecule has 0 unspecified atom stereocenters. The lowest BCUT2D eigenvalue weighted by atomic mass is 9.93. The van der Waals surface area contributed by atoms with Crippen molar-refractivity contribution < 1.29 is 14.3 Å². The Morgan fingerprint density at radius 3 is 2.33 bits per heavy atom. The number of hydrogen-bond donors (Lipinski definition) is 0. The van der Waals surface area contributed by atoms with Gasteiger partial charge in [-0.15, -0.1) is 0 Å². The summed E-state index contributed by atoms with van der Waals surface area (Å²) in [5.41, 5.74) is 2.09. The topological polar surface area (TPSA) is 35.5 Å². The molecule has 0 saturated heterocycles. The molecule has 1 aromatic rings. The van der Waals surface area contributed by atoms with Gasteiger partial charge >= 0.3 is 0 Å². The third-order valence-electron chi connectivity index (χ3n) is 2.75. The predicted molar refractivity (Wildman–Crippen MR) is 75.7 cm³/mol. The van der Waals surface area contributed by atoms with Crippen LogP contribution in [0.25, 0.3) is 0 Å². The maximum atomic E-state index is 11.4. The van der Waals surface area contributed by atoms with Crippen molar-refractivity contribution in [2.45, 2.75) is 33.1 Å². The molecule has 0 N–H and O–H groups in total. The summed E-state index contributed by atoms with van der Waals surface area (Å²) in [5.74, 6) is 1.75. The Kier molecular flexibility index (Phi) is 5.20. The second-order valence-corrected chi connectivity index (χ2v) is 5.33. The number of Topliss-reactive ketones (excluding diaryl/α,β-unsaturated/α-hetero) is 1. The van der Waals surface area contributed by atoms with Crippen LogP contribution in [0.3, 0.4) is 0 Å². The molecule has 3 nitrogen and oxygen atoms in total. The highest BCUT2D eigenvalue weighted by Gasteiger charge is 2.20. The molecule has 100 valence electrons. The molecule has 18 heavy (non-hydrogen) atoms. The third-order valence-corrected chi connectivity index (χ3v) is 3.54. The van der Waals surface area contributed by atoms with Gasteiger partial charge in [-0.05, 0) is 46.0 Å². The highest BCUT2D eigenvalue weighted by atomic mass is 79.9.